The van der Waals surface area contributed by atoms with Crippen molar-refractivity contribution in [2.24, 2.45) is 0 Å². The van der Waals surface area contributed by atoms with E-state index >= 15 is 0 Å². The Morgan fingerprint density at radius 1 is 1.47 bits per heavy atom. The highest BCUT2D eigenvalue weighted by Gasteiger charge is 2.14. The molecule has 4 heteroatoms. The largest absolute Gasteiger partial charge is 0.397 e. The fourth-order valence-electron chi connectivity index (χ4n) is 1.74. The molecule has 0 amide bonds. The molecule has 1 atom stereocenters. The van der Waals surface area contributed by atoms with Crippen LogP contribution in [0.4, 0.5) is 11.4 Å². The molecule has 0 spiro atoms. The summed E-state index contributed by atoms with van der Waals surface area (Å²) in [5.41, 5.74) is 7.63. The second kappa shape index (κ2) is 4.99. The van der Waals surface area contributed by atoms with Crippen molar-refractivity contribution in [1.82, 2.24) is 0 Å². The average molecular weight is 243 g/mol. The summed E-state index contributed by atoms with van der Waals surface area (Å²) in [4.78, 5) is 0. The summed E-state index contributed by atoms with van der Waals surface area (Å²) in [5, 5.41) is 4.16. The lowest BCUT2D eigenvalue weighted by Gasteiger charge is -2.24. The number of nitrogen functional groups attached to an aromatic ring is 1. The van der Waals surface area contributed by atoms with Crippen LogP contribution in [0.3, 0.4) is 0 Å². The van der Waals surface area contributed by atoms with Crippen molar-refractivity contribution in [2.45, 2.75) is 18.9 Å². The summed E-state index contributed by atoms with van der Waals surface area (Å²) in [7, 11) is 0. The molecule has 1 aromatic carbocycles. The molecule has 3 N–H and O–H groups in total. The van der Waals surface area contributed by atoms with E-state index in [2.05, 4.69) is 5.32 Å². The molecule has 0 aliphatic carbocycles. The monoisotopic (exact) mass is 242 g/mol. The summed E-state index contributed by atoms with van der Waals surface area (Å²) in [6.07, 6.45) is 2.52. The zero-order chi connectivity index (χ0) is 10.7. The number of halogens is 1. The molecule has 1 heterocycles. The lowest BCUT2D eigenvalue weighted by Crippen LogP contribution is -2.26. The van der Waals surface area contributed by atoms with Gasteiger partial charge in [0.05, 0.1) is 11.4 Å². The lowest BCUT2D eigenvalue weighted by atomic mass is 10.1. The maximum atomic E-state index is 5.88. The fourth-order valence-corrected chi connectivity index (χ4v) is 2.99. The first-order valence-electron chi connectivity index (χ1n) is 5.15. The molecule has 2 nitrogen and oxygen atoms in total. The molecule has 1 aromatic rings. The Bertz CT molecular complexity index is 337. The Kier molecular flexibility index (Phi) is 3.65. The van der Waals surface area contributed by atoms with E-state index in [1.807, 2.05) is 23.9 Å². The van der Waals surface area contributed by atoms with Gasteiger partial charge < -0.3 is 11.1 Å². The van der Waals surface area contributed by atoms with Gasteiger partial charge in [-0.3, -0.25) is 0 Å². The van der Waals surface area contributed by atoms with Crippen LogP contribution in [0.25, 0.3) is 0 Å². The minimum absolute atomic E-state index is 0.548. The molecule has 1 aliphatic rings. The SMILES string of the molecule is Nc1cc(Cl)ccc1NC1CCCSC1. The second-order valence-electron chi connectivity index (χ2n) is 3.79. The van der Waals surface area contributed by atoms with Gasteiger partial charge in [0, 0.05) is 16.8 Å². The summed E-state index contributed by atoms with van der Waals surface area (Å²) < 4.78 is 0. The zero-order valence-corrected chi connectivity index (χ0v) is 10.1. The van der Waals surface area contributed by atoms with Gasteiger partial charge in [-0.05, 0) is 36.8 Å². The van der Waals surface area contributed by atoms with Gasteiger partial charge in [0.1, 0.15) is 0 Å². The van der Waals surface area contributed by atoms with Gasteiger partial charge in [-0.15, -0.1) is 0 Å². The van der Waals surface area contributed by atoms with Crippen molar-refractivity contribution in [1.29, 1.82) is 0 Å². The van der Waals surface area contributed by atoms with Crippen LogP contribution in [0, 0.1) is 0 Å². The van der Waals surface area contributed by atoms with E-state index in [4.69, 9.17) is 17.3 Å². The summed E-state index contributed by atoms with van der Waals surface area (Å²) >= 11 is 7.85. The Balaban J connectivity index is 2.03. The maximum absolute atomic E-state index is 5.88. The normalized spacial score (nSPS) is 21.3. The third kappa shape index (κ3) is 2.95. The van der Waals surface area contributed by atoms with Crippen LogP contribution in [0.5, 0.6) is 0 Å². The maximum Gasteiger partial charge on any atom is 0.0577 e. The number of benzene rings is 1. The van der Waals surface area contributed by atoms with E-state index in [-0.39, 0.29) is 0 Å². The molecule has 15 heavy (non-hydrogen) atoms. The third-order valence-corrected chi connectivity index (χ3v) is 3.98. The molecular formula is C11H15ClN2S. The first kappa shape index (κ1) is 11.0. The fraction of sp³-hybridized carbons (Fsp3) is 0.455. The Morgan fingerprint density at radius 2 is 2.33 bits per heavy atom. The molecule has 1 saturated heterocycles. The van der Waals surface area contributed by atoms with Crippen molar-refractivity contribution in [3.05, 3.63) is 23.2 Å². The predicted octanol–water partition coefficient (Wildman–Crippen LogP) is 3.23. The van der Waals surface area contributed by atoms with E-state index in [0.29, 0.717) is 11.1 Å². The highest BCUT2D eigenvalue weighted by molar-refractivity contribution is 7.99. The molecule has 1 aliphatic heterocycles. The van der Waals surface area contributed by atoms with E-state index < -0.39 is 0 Å². The molecule has 1 fully saturated rings. The number of anilines is 2. The molecule has 0 radical (unpaired) electrons. The highest BCUT2D eigenvalue weighted by atomic mass is 35.5. The number of hydrogen-bond acceptors (Lipinski definition) is 3. The highest BCUT2D eigenvalue weighted by Crippen LogP contribution is 2.26. The Hall–Kier alpha value is -0.540. The number of thioether (sulfide) groups is 1. The van der Waals surface area contributed by atoms with Crippen molar-refractivity contribution < 1.29 is 0 Å². The van der Waals surface area contributed by atoms with E-state index in [9.17, 15) is 0 Å². The smallest absolute Gasteiger partial charge is 0.0577 e. The molecule has 0 aromatic heterocycles. The average Bonchev–Trinajstić information content (AvgIpc) is 2.24. The van der Waals surface area contributed by atoms with Gasteiger partial charge in [0.25, 0.3) is 0 Å². The molecule has 0 bridgehead atoms. The third-order valence-electron chi connectivity index (χ3n) is 2.53. The summed E-state index contributed by atoms with van der Waals surface area (Å²) in [6, 6.07) is 6.17. The lowest BCUT2D eigenvalue weighted by molar-refractivity contribution is 0.685. The Morgan fingerprint density at radius 3 is 3.00 bits per heavy atom. The molecular weight excluding hydrogens is 228 g/mol. The summed E-state index contributed by atoms with van der Waals surface area (Å²) in [5.74, 6) is 2.45. The molecule has 1 unspecified atom stereocenters. The van der Waals surface area contributed by atoms with Crippen LogP contribution in [0.1, 0.15) is 12.8 Å². The van der Waals surface area contributed by atoms with Crippen LogP contribution in [0.2, 0.25) is 5.02 Å². The van der Waals surface area contributed by atoms with Crippen molar-refractivity contribution in [2.75, 3.05) is 22.6 Å². The van der Waals surface area contributed by atoms with Gasteiger partial charge in [0.15, 0.2) is 0 Å². The van der Waals surface area contributed by atoms with E-state index in [0.717, 1.165) is 11.4 Å². The van der Waals surface area contributed by atoms with Crippen LogP contribution in [0.15, 0.2) is 18.2 Å². The van der Waals surface area contributed by atoms with Crippen LogP contribution >= 0.6 is 23.4 Å². The van der Waals surface area contributed by atoms with Gasteiger partial charge in [-0.25, -0.2) is 0 Å². The first-order chi connectivity index (χ1) is 7.25. The van der Waals surface area contributed by atoms with E-state index in [1.54, 1.807) is 6.07 Å². The molecule has 82 valence electrons. The predicted molar refractivity (Wildman–Crippen MR) is 69.8 cm³/mol. The van der Waals surface area contributed by atoms with Gasteiger partial charge in [-0.2, -0.15) is 11.8 Å². The standard InChI is InChI=1S/C11H15ClN2S/c12-8-3-4-11(10(13)6-8)14-9-2-1-5-15-7-9/h3-4,6,9,14H,1-2,5,7,13H2. The van der Waals surface area contributed by atoms with Crippen LogP contribution in [-0.4, -0.2) is 17.5 Å². The molecule has 0 saturated carbocycles. The number of hydrogen-bond donors (Lipinski definition) is 2. The van der Waals surface area contributed by atoms with Crippen molar-refractivity contribution in [3.63, 3.8) is 0 Å². The second-order valence-corrected chi connectivity index (χ2v) is 5.38. The minimum Gasteiger partial charge on any atom is -0.397 e. The van der Waals surface area contributed by atoms with Crippen LogP contribution < -0.4 is 11.1 Å². The van der Waals surface area contributed by atoms with Crippen molar-refractivity contribution >= 4 is 34.7 Å². The number of nitrogens with one attached hydrogen (secondary N) is 1. The van der Waals surface area contributed by atoms with E-state index in [1.165, 1.54) is 24.3 Å². The van der Waals surface area contributed by atoms with Gasteiger partial charge in [0.2, 0.25) is 0 Å². The zero-order valence-electron chi connectivity index (χ0n) is 8.50. The first-order valence-corrected chi connectivity index (χ1v) is 6.68. The summed E-state index contributed by atoms with van der Waals surface area (Å²) in [6.45, 7) is 0. The quantitative estimate of drug-likeness (QED) is 0.782. The topological polar surface area (TPSA) is 38.0 Å². The van der Waals surface area contributed by atoms with Crippen LogP contribution in [-0.2, 0) is 0 Å². The van der Waals surface area contributed by atoms with Gasteiger partial charge >= 0.3 is 0 Å². The minimum atomic E-state index is 0.548. The molecule has 2 rings (SSSR count). The van der Waals surface area contributed by atoms with Crippen molar-refractivity contribution in [3.8, 4) is 0 Å². The Labute approximate surface area is 99.6 Å². The number of nitrogens with two attached hydrogens (primary N) is 1. The van der Waals surface area contributed by atoms with Gasteiger partial charge in [-0.1, -0.05) is 11.6 Å². The number of rotatable bonds is 2.